The van der Waals surface area contributed by atoms with Crippen molar-refractivity contribution in [2.24, 2.45) is 0 Å². The van der Waals surface area contributed by atoms with Crippen LogP contribution in [0.2, 0.25) is 0 Å². The van der Waals surface area contributed by atoms with E-state index in [9.17, 15) is 14.3 Å². The van der Waals surface area contributed by atoms with Crippen molar-refractivity contribution < 1.29 is 19.0 Å². The van der Waals surface area contributed by atoms with Gasteiger partial charge in [-0.25, -0.2) is 4.39 Å². The molecule has 1 amide bonds. The number of carbonyl (C=O) groups is 1. The van der Waals surface area contributed by atoms with Crippen LogP contribution in [0, 0.1) is 5.82 Å². The minimum absolute atomic E-state index is 0.00345. The van der Waals surface area contributed by atoms with Crippen molar-refractivity contribution in [2.45, 2.75) is 0 Å². The van der Waals surface area contributed by atoms with Crippen LogP contribution < -0.4 is 10.1 Å². The Labute approximate surface area is 123 Å². The second-order valence-corrected chi connectivity index (χ2v) is 4.88. The first-order chi connectivity index (χ1) is 9.51. The van der Waals surface area contributed by atoms with Crippen LogP contribution in [-0.4, -0.2) is 18.1 Å². The molecular weight excluding hydrogens is 329 g/mol. The van der Waals surface area contributed by atoms with Gasteiger partial charge in [0.05, 0.1) is 18.4 Å². The number of benzene rings is 2. The molecule has 0 spiro atoms. The second-order valence-electron chi connectivity index (χ2n) is 3.96. The monoisotopic (exact) mass is 339 g/mol. The molecule has 0 bridgehead atoms. The molecular formula is C14H11BrFNO3. The number of nitrogens with one attached hydrogen (secondary N) is 1. The molecule has 0 fully saturated rings. The highest BCUT2D eigenvalue weighted by atomic mass is 79.9. The fraction of sp³-hybridized carbons (Fsp3) is 0.0714. The molecule has 0 saturated heterocycles. The van der Waals surface area contributed by atoms with Gasteiger partial charge in [0.25, 0.3) is 5.91 Å². The molecule has 0 atom stereocenters. The van der Waals surface area contributed by atoms with E-state index in [4.69, 9.17) is 4.74 Å². The molecule has 2 aromatic rings. The lowest BCUT2D eigenvalue weighted by atomic mass is 10.1. The number of phenols is 1. The highest BCUT2D eigenvalue weighted by Gasteiger charge is 2.14. The summed E-state index contributed by atoms with van der Waals surface area (Å²) in [5.41, 5.74) is 0.0234. The first kappa shape index (κ1) is 14.3. The Kier molecular flexibility index (Phi) is 4.24. The number of hydrogen-bond donors (Lipinski definition) is 2. The lowest BCUT2D eigenvalue weighted by molar-refractivity contribution is 0.102. The van der Waals surface area contributed by atoms with E-state index >= 15 is 0 Å². The predicted octanol–water partition coefficient (Wildman–Crippen LogP) is 3.55. The number of hydrogen-bond acceptors (Lipinski definition) is 3. The Balaban J connectivity index is 2.30. The summed E-state index contributed by atoms with van der Waals surface area (Å²) >= 11 is 3.19. The number of methoxy groups -OCH3 is 1. The van der Waals surface area contributed by atoms with Gasteiger partial charge in [-0.05, 0) is 36.4 Å². The van der Waals surface area contributed by atoms with E-state index in [-0.39, 0.29) is 17.0 Å². The average molecular weight is 340 g/mol. The van der Waals surface area contributed by atoms with E-state index in [2.05, 4.69) is 21.2 Å². The predicted molar refractivity (Wildman–Crippen MR) is 76.7 cm³/mol. The van der Waals surface area contributed by atoms with Gasteiger partial charge in [0.1, 0.15) is 17.3 Å². The molecule has 2 aromatic carbocycles. The lowest BCUT2D eigenvalue weighted by Gasteiger charge is -2.09. The van der Waals surface area contributed by atoms with Gasteiger partial charge in [0, 0.05) is 4.47 Å². The first-order valence-corrected chi connectivity index (χ1v) is 6.44. The summed E-state index contributed by atoms with van der Waals surface area (Å²) in [5.74, 6) is -0.983. The van der Waals surface area contributed by atoms with E-state index in [1.807, 2.05) is 0 Å². The molecule has 0 radical (unpaired) electrons. The molecule has 104 valence electrons. The van der Waals surface area contributed by atoms with E-state index < -0.39 is 11.7 Å². The maximum atomic E-state index is 13.6. The highest BCUT2D eigenvalue weighted by molar-refractivity contribution is 9.10. The lowest BCUT2D eigenvalue weighted by Crippen LogP contribution is -2.13. The topological polar surface area (TPSA) is 58.6 Å². The molecule has 2 rings (SSSR count). The number of halogens is 2. The first-order valence-electron chi connectivity index (χ1n) is 5.64. The van der Waals surface area contributed by atoms with Crippen LogP contribution in [0.25, 0.3) is 0 Å². The van der Waals surface area contributed by atoms with Crippen LogP contribution in [0.3, 0.4) is 0 Å². The number of carbonyl (C=O) groups excluding carboxylic acids is 1. The fourth-order valence-electron chi connectivity index (χ4n) is 1.61. The number of amides is 1. The Morgan fingerprint density at radius 1 is 1.30 bits per heavy atom. The third-order valence-corrected chi connectivity index (χ3v) is 3.12. The number of ether oxygens (including phenoxy) is 1. The van der Waals surface area contributed by atoms with Gasteiger partial charge < -0.3 is 15.2 Å². The van der Waals surface area contributed by atoms with Crippen LogP contribution in [0.15, 0.2) is 40.9 Å². The smallest absolute Gasteiger partial charge is 0.259 e. The quantitative estimate of drug-likeness (QED) is 0.898. The highest BCUT2D eigenvalue weighted by Crippen LogP contribution is 2.25. The molecule has 20 heavy (non-hydrogen) atoms. The summed E-state index contributed by atoms with van der Waals surface area (Å²) in [6, 6.07) is 8.42. The molecule has 0 aliphatic rings. The summed E-state index contributed by atoms with van der Waals surface area (Å²) in [6.45, 7) is 0. The number of anilines is 1. The minimum Gasteiger partial charge on any atom is -0.507 e. The van der Waals surface area contributed by atoms with Crippen LogP contribution in [0.5, 0.6) is 11.5 Å². The van der Waals surface area contributed by atoms with Crippen molar-refractivity contribution in [1.29, 1.82) is 0 Å². The van der Waals surface area contributed by atoms with Gasteiger partial charge in [0.2, 0.25) is 0 Å². The summed E-state index contributed by atoms with van der Waals surface area (Å²) in [6.07, 6.45) is 0. The Bertz CT molecular complexity index is 661. The van der Waals surface area contributed by atoms with Crippen LogP contribution in [0.1, 0.15) is 10.4 Å². The van der Waals surface area contributed by atoms with Gasteiger partial charge in [-0.1, -0.05) is 15.9 Å². The molecule has 6 heteroatoms. The molecule has 0 aliphatic carbocycles. The van der Waals surface area contributed by atoms with E-state index in [0.717, 1.165) is 0 Å². The minimum atomic E-state index is -0.626. The summed E-state index contributed by atoms with van der Waals surface area (Å²) < 4.78 is 19.2. The third kappa shape index (κ3) is 3.08. The normalized spacial score (nSPS) is 10.2. The standard InChI is InChI=1S/C14H11BrFNO3/c1-20-9-3-5-13(18)10(7-9)14(19)17-12-6-8(15)2-4-11(12)16/h2-7,18H,1H3,(H,17,19). The SMILES string of the molecule is COc1ccc(O)c(C(=O)Nc2cc(Br)ccc2F)c1. The fourth-order valence-corrected chi connectivity index (χ4v) is 1.97. The van der Waals surface area contributed by atoms with Gasteiger partial charge >= 0.3 is 0 Å². The Morgan fingerprint density at radius 3 is 2.75 bits per heavy atom. The zero-order chi connectivity index (χ0) is 14.7. The third-order valence-electron chi connectivity index (χ3n) is 2.62. The van der Waals surface area contributed by atoms with Crippen molar-refractivity contribution in [1.82, 2.24) is 0 Å². The molecule has 0 heterocycles. The van der Waals surface area contributed by atoms with E-state index in [0.29, 0.717) is 10.2 Å². The Morgan fingerprint density at radius 2 is 2.05 bits per heavy atom. The molecule has 0 saturated carbocycles. The van der Waals surface area contributed by atoms with Crippen molar-refractivity contribution in [2.75, 3.05) is 12.4 Å². The van der Waals surface area contributed by atoms with Crippen LogP contribution >= 0.6 is 15.9 Å². The summed E-state index contributed by atoms with van der Waals surface area (Å²) in [7, 11) is 1.45. The van der Waals surface area contributed by atoms with Gasteiger partial charge in [-0.15, -0.1) is 0 Å². The van der Waals surface area contributed by atoms with Crippen molar-refractivity contribution in [3.8, 4) is 11.5 Å². The number of rotatable bonds is 3. The van der Waals surface area contributed by atoms with Crippen molar-refractivity contribution in [3.63, 3.8) is 0 Å². The Hall–Kier alpha value is -2.08. The molecule has 2 N–H and O–H groups in total. The van der Waals surface area contributed by atoms with E-state index in [1.54, 1.807) is 0 Å². The molecule has 4 nitrogen and oxygen atoms in total. The number of phenolic OH excluding ortho intramolecular Hbond substituents is 1. The van der Waals surface area contributed by atoms with Crippen molar-refractivity contribution >= 4 is 27.5 Å². The second kappa shape index (κ2) is 5.92. The van der Waals surface area contributed by atoms with Gasteiger partial charge in [0.15, 0.2) is 0 Å². The van der Waals surface area contributed by atoms with Crippen molar-refractivity contribution in [3.05, 3.63) is 52.3 Å². The maximum absolute atomic E-state index is 13.6. The largest absolute Gasteiger partial charge is 0.507 e. The van der Waals surface area contributed by atoms with Crippen LogP contribution in [-0.2, 0) is 0 Å². The van der Waals surface area contributed by atoms with Gasteiger partial charge in [-0.3, -0.25) is 4.79 Å². The summed E-state index contributed by atoms with van der Waals surface area (Å²) in [4.78, 5) is 12.1. The molecule has 0 aliphatic heterocycles. The number of aromatic hydroxyl groups is 1. The zero-order valence-electron chi connectivity index (χ0n) is 10.5. The molecule has 0 unspecified atom stereocenters. The maximum Gasteiger partial charge on any atom is 0.259 e. The van der Waals surface area contributed by atoms with Gasteiger partial charge in [-0.2, -0.15) is 0 Å². The zero-order valence-corrected chi connectivity index (χ0v) is 12.1. The molecule has 0 aromatic heterocycles. The summed E-state index contributed by atoms with van der Waals surface area (Å²) in [5, 5.41) is 12.1. The average Bonchev–Trinajstić information content (AvgIpc) is 2.43. The van der Waals surface area contributed by atoms with E-state index in [1.165, 1.54) is 43.5 Å². The van der Waals surface area contributed by atoms with Crippen LogP contribution in [0.4, 0.5) is 10.1 Å².